The fourth-order valence-electron chi connectivity index (χ4n) is 3.44. The van der Waals surface area contributed by atoms with Gasteiger partial charge < -0.3 is 9.14 Å². The van der Waals surface area contributed by atoms with Crippen molar-refractivity contribution < 1.29 is 23.1 Å². The molecular formula is C23H13Cl2F2NO3. The van der Waals surface area contributed by atoms with E-state index in [1.54, 1.807) is 24.3 Å². The number of pyridine rings is 1. The molecule has 0 aliphatic carbocycles. The van der Waals surface area contributed by atoms with Gasteiger partial charge in [0.15, 0.2) is 5.82 Å². The van der Waals surface area contributed by atoms with Crippen LogP contribution in [0.5, 0.6) is 0 Å². The number of aromatic nitrogens is 1. The van der Waals surface area contributed by atoms with Crippen LogP contribution in [0, 0.1) is 11.6 Å². The Morgan fingerprint density at radius 3 is 2.32 bits per heavy atom. The number of hydrogen-bond donors (Lipinski definition) is 0. The van der Waals surface area contributed by atoms with Gasteiger partial charge in [0, 0.05) is 17.3 Å². The molecule has 0 saturated carbocycles. The second-order valence-corrected chi connectivity index (χ2v) is 7.42. The first-order valence-corrected chi connectivity index (χ1v) is 9.76. The van der Waals surface area contributed by atoms with E-state index in [1.165, 1.54) is 42.0 Å². The molecule has 2 aromatic carbocycles. The van der Waals surface area contributed by atoms with Gasteiger partial charge in [-0.25, -0.2) is 13.6 Å². The first kappa shape index (κ1) is 21.0. The van der Waals surface area contributed by atoms with E-state index in [0.29, 0.717) is 0 Å². The van der Waals surface area contributed by atoms with Crippen molar-refractivity contribution >= 4 is 40.5 Å². The highest BCUT2D eigenvalue weighted by molar-refractivity contribution is 6.41. The molecule has 0 bridgehead atoms. The van der Waals surface area contributed by atoms with Crippen molar-refractivity contribution in [1.82, 2.24) is 4.40 Å². The lowest BCUT2D eigenvalue weighted by Crippen LogP contribution is -2.08. The second kappa shape index (κ2) is 8.13. The number of ether oxygens (including phenoxy) is 1. The average molecular weight is 460 g/mol. The fraction of sp³-hybridized carbons (Fsp3) is 0.0435. The third-order valence-corrected chi connectivity index (χ3v) is 5.48. The number of halogens is 4. The van der Waals surface area contributed by atoms with Gasteiger partial charge in [-0.2, -0.15) is 0 Å². The Balaban J connectivity index is 1.97. The van der Waals surface area contributed by atoms with Crippen molar-refractivity contribution in [2.24, 2.45) is 0 Å². The monoisotopic (exact) mass is 459 g/mol. The van der Waals surface area contributed by atoms with Crippen LogP contribution in [0.3, 0.4) is 0 Å². The molecule has 4 aromatic rings. The van der Waals surface area contributed by atoms with Gasteiger partial charge in [0.25, 0.3) is 0 Å². The highest BCUT2D eigenvalue weighted by Gasteiger charge is 2.29. The van der Waals surface area contributed by atoms with Crippen LogP contribution in [0.25, 0.3) is 16.6 Å². The predicted octanol–water partition coefficient (Wildman–Crippen LogP) is 6.21. The number of benzene rings is 2. The van der Waals surface area contributed by atoms with Crippen LogP contribution in [0.15, 0.2) is 60.8 Å². The minimum atomic E-state index is -0.933. The molecule has 0 fully saturated rings. The van der Waals surface area contributed by atoms with E-state index < -0.39 is 23.4 Å². The van der Waals surface area contributed by atoms with Crippen molar-refractivity contribution in [1.29, 1.82) is 0 Å². The number of carbonyl (C=O) groups excluding carboxylic acids is 2. The lowest BCUT2D eigenvalue weighted by molar-refractivity contribution is 0.0600. The molecule has 0 N–H and O–H groups in total. The molecule has 2 heterocycles. The zero-order valence-electron chi connectivity index (χ0n) is 16.0. The number of carbonyl (C=O) groups is 2. The zero-order valence-corrected chi connectivity index (χ0v) is 17.5. The Kier molecular flexibility index (Phi) is 5.52. The normalized spacial score (nSPS) is 11.0. The Morgan fingerprint density at radius 1 is 0.968 bits per heavy atom. The summed E-state index contributed by atoms with van der Waals surface area (Å²) in [7, 11) is 1.17. The summed E-state index contributed by atoms with van der Waals surface area (Å²) >= 11 is 12.3. The number of ketones is 1. The number of methoxy groups -OCH3 is 1. The Hall–Kier alpha value is -3.22. The molecular weight excluding hydrogens is 447 g/mol. The molecule has 0 unspecified atom stereocenters. The largest absolute Gasteiger partial charge is 0.465 e. The molecule has 0 aliphatic rings. The summed E-state index contributed by atoms with van der Waals surface area (Å²) < 4.78 is 36.5. The standard InChI is InChI=1S/C23H13Cl2F2NO3/c1-31-23(30)12-8-9-13(16(26)11-12)18-17-7-2-3-10-28(17)21(20(18)27)22(29)19-14(24)5-4-6-15(19)25/h2-11H,1H3. The summed E-state index contributed by atoms with van der Waals surface area (Å²) in [6.45, 7) is 0. The molecule has 31 heavy (non-hydrogen) atoms. The summed E-state index contributed by atoms with van der Waals surface area (Å²) in [6.07, 6.45) is 1.49. The molecule has 0 atom stereocenters. The first-order valence-electron chi connectivity index (χ1n) is 9.00. The quantitative estimate of drug-likeness (QED) is 0.269. The van der Waals surface area contributed by atoms with Gasteiger partial charge in [0.1, 0.15) is 11.5 Å². The molecule has 2 aromatic heterocycles. The summed E-state index contributed by atoms with van der Waals surface area (Å²) in [5.74, 6) is -3.24. The average Bonchev–Trinajstić information content (AvgIpc) is 3.04. The fourth-order valence-corrected chi connectivity index (χ4v) is 4.01. The summed E-state index contributed by atoms with van der Waals surface area (Å²) in [5.41, 5.74) is -0.389. The molecule has 0 amide bonds. The van der Waals surface area contributed by atoms with E-state index in [9.17, 15) is 14.0 Å². The maximum Gasteiger partial charge on any atom is 0.337 e. The maximum absolute atomic E-state index is 15.7. The Bertz CT molecular complexity index is 1340. The molecule has 0 radical (unpaired) electrons. The van der Waals surface area contributed by atoms with Crippen molar-refractivity contribution in [3.8, 4) is 11.1 Å². The van der Waals surface area contributed by atoms with Gasteiger partial charge >= 0.3 is 5.97 Å². The van der Waals surface area contributed by atoms with E-state index >= 15 is 4.39 Å². The van der Waals surface area contributed by atoms with Gasteiger partial charge in [-0.05, 0) is 36.4 Å². The number of fused-ring (bicyclic) bond motifs is 1. The van der Waals surface area contributed by atoms with Gasteiger partial charge in [0.05, 0.1) is 33.8 Å². The number of rotatable bonds is 4. The predicted molar refractivity (Wildman–Crippen MR) is 114 cm³/mol. The van der Waals surface area contributed by atoms with Crippen molar-refractivity contribution in [3.05, 3.63) is 99.3 Å². The van der Waals surface area contributed by atoms with Crippen LogP contribution < -0.4 is 0 Å². The van der Waals surface area contributed by atoms with Crippen LogP contribution >= 0.6 is 23.2 Å². The molecule has 4 nitrogen and oxygen atoms in total. The van der Waals surface area contributed by atoms with E-state index in [0.717, 1.165) is 6.07 Å². The Labute approximate surface area is 185 Å². The zero-order chi connectivity index (χ0) is 22.3. The van der Waals surface area contributed by atoms with Gasteiger partial charge in [-0.1, -0.05) is 41.4 Å². The van der Waals surface area contributed by atoms with Crippen molar-refractivity contribution in [3.63, 3.8) is 0 Å². The van der Waals surface area contributed by atoms with Gasteiger partial charge in [-0.15, -0.1) is 0 Å². The van der Waals surface area contributed by atoms with Crippen LogP contribution in [-0.4, -0.2) is 23.3 Å². The van der Waals surface area contributed by atoms with Crippen LogP contribution in [0.4, 0.5) is 8.78 Å². The second-order valence-electron chi connectivity index (χ2n) is 6.61. The molecule has 8 heteroatoms. The van der Waals surface area contributed by atoms with Crippen LogP contribution in [0.2, 0.25) is 10.0 Å². The lowest BCUT2D eigenvalue weighted by Gasteiger charge is -2.06. The SMILES string of the molecule is COC(=O)c1ccc(-c2c(F)c(C(=O)c3c(Cl)cccc3Cl)n3ccccc23)c(F)c1. The summed E-state index contributed by atoms with van der Waals surface area (Å²) in [5, 5.41) is 0.135. The number of esters is 1. The lowest BCUT2D eigenvalue weighted by atomic mass is 10.0. The smallest absolute Gasteiger partial charge is 0.337 e. The van der Waals surface area contributed by atoms with Gasteiger partial charge in [0.2, 0.25) is 5.78 Å². The summed E-state index contributed by atoms with van der Waals surface area (Å²) in [6, 6.07) is 12.9. The third kappa shape index (κ3) is 3.48. The molecule has 4 rings (SSSR count). The van der Waals surface area contributed by atoms with E-state index in [2.05, 4.69) is 4.74 Å². The van der Waals surface area contributed by atoms with Crippen LogP contribution in [-0.2, 0) is 4.74 Å². The Morgan fingerprint density at radius 2 is 1.68 bits per heavy atom. The molecule has 0 aliphatic heterocycles. The highest BCUT2D eigenvalue weighted by Crippen LogP contribution is 2.36. The maximum atomic E-state index is 15.7. The van der Waals surface area contributed by atoms with E-state index in [-0.39, 0.29) is 43.5 Å². The highest BCUT2D eigenvalue weighted by atomic mass is 35.5. The number of nitrogens with zero attached hydrogens (tertiary/aromatic N) is 1. The van der Waals surface area contributed by atoms with Crippen molar-refractivity contribution in [2.45, 2.75) is 0 Å². The first-order chi connectivity index (χ1) is 14.8. The molecule has 0 saturated heterocycles. The molecule has 0 spiro atoms. The minimum absolute atomic E-state index is 0.0215. The third-order valence-electron chi connectivity index (χ3n) is 4.85. The number of hydrogen-bond acceptors (Lipinski definition) is 3. The summed E-state index contributed by atoms with van der Waals surface area (Å²) in [4.78, 5) is 24.9. The van der Waals surface area contributed by atoms with E-state index in [1.807, 2.05) is 0 Å². The van der Waals surface area contributed by atoms with E-state index in [4.69, 9.17) is 23.2 Å². The topological polar surface area (TPSA) is 47.8 Å². The van der Waals surface area contributed by atoms with Crippen LogP contribution in [0.1, 0.15) is 26.4 Å². The van der Waals surface area contributed by atoms with Gasteiger partial charge in [-0.3, -0.25) is 4.79 Å². The van der Waals surface area contributed by atoms with Crippen molar-refractivity contribution in [2.75, 3.05) is 7.11 Å². The minimum Gasteiger partial charge on any atom is -0.465 e. The molecule has 156 valence electrons.